The molecule has 0 fully saturated rings. The molecule has 3 heterocycles. The molecule has 0 atom stereocenters. The third-order valence-corrected chi connectivity index (χ3v) is 5.65. The molecule has 0 radical (unpaired) electrons. The fourth-order valence-electron chi connectivity index (χ4n) is 2.54. The summed E-state index contributed by atoms with van der Waals surface area (Å²) in [7, 11) is 1.92. The van der Waals surface area contributed by atoms with Gasteiger partial charge in [0.05, 0.1) is 28.4 Å². The van der Waals surface area contributed by atoms with Gasteiger partial charge in [-0.3, -0.25) is 4.68 Å². The third kappa shape index (κ3) is 2.77. The average Bonchev–Trinajstić information content (AvgIpc) is 3.25. The molecule has 116 valence electrons. The van der Waals surface area contributed by atoms with Gasteiger partial charge >= 0.3 is 0 Å². The third-order valence-electron chi connectivity index (χ3n) is 3.65. The predicted octanol–water partition coefficient (Wildman–Crippen LogP) is 3.66. The minimum absolute atomic E-state index is 0.772. The molecule has 5 nitrogen and oxygen atoms in total. The molecule has 23 heavy (non-hydrogen) atoms. The molecule has 0 bridgehead atoms. The zero-order valence-electron chi connectivity index (χ0n) is 12.8. The van der Waals surface area contributed by atoms with Crippen LogP contribution in [0.25, 0.3) is 21.6 Å². The average molecular weight is 341 g/mol. The Morgan fingerprint density at radius 2 is 2.17 bits per heavy atom. The van der Waals surface area contributed by atoms with Gasteiger partial charge in [-0.25, -0.2) is 9.97 Å². The molecular formula is C16H15N5S2. The Morgan fingerprint density at radius 1 is 1.26 bits per heavy atom. The fourth-order valence-corrected chi connectivity index (χ4v) is 4.09. The molecule has 7 heteroatoms. The molecular weight excluding hydrogens is 326 g/mol. The lowest BCUT2D eigenvalue weighted by Gasteiger charge is -2.06. The second-order valence-corrected chi connectivity index (χ2v) is 7.35. The summed E-state index contributed by atoms with van der Waals surface area (Å²) in [4.78, 5) is 8.87. The molecule has 4 rings (SSSR count). The Morgan fingerprint density at radius 3 is 2.96 bits per heavy atom. The number of hydrogen-bond donors (Lipinski definition) is 0. The fraction of sp³-hybridized carbons (Fsp3) is 0.188. The van der Waals surface area contributed by atoms with Crippen molar-refractivity contribution in [2.75, 3.05) is 6.26 Å². The van der Waals surface area contributed by atoms with Crippen LogP contribution in [0.15, 0.2) is 47.3 Å². The maximum Gasteiger partial charge on any atom is 0.150 e. The van der Waals surface area contributed by atoms with Crippen LogP contribution in [0.3, 0.4) is 0 Å². The van der Waals surface area contributed by atoms with E-state index in [0.29, 0.717) is 0 Å². The van der Waals surface area contributed by atoms with Crippen LogP contribution in [0, 0.1) is 0 Å². The molecule has 0 N–H and O–H groups in total. The number of imidazole rings is 1. The largest absolute Gasteiger partial charge is 0.325 e. The molecule has 0 saturated carbocycles. The number of rotatable bonds is 4. The van der Waals surface area contributed by atoms with E-state index in [1.165, 1.54) is 10.3 Å². The molecule has 0 spiro atoms. The smallest absolute Gasteiger partial charge is 0.150 e. The number of aromatic nitrogens is 5. The van der Waals surface area contributed by atoms with Crippen LogP contribution in [-0.2, 0) is 13.6 Å². The van der Waals surface area contributed by atoms with Crippen molar-refractivity contribution in [3.8, 4) is 11.4 Å². The van der Waals surface area contributed by atoms with Gasteiger partial charge < -0.3 is 4.57 Å². The van der Waals surface area contributed by atoms with Crippen LogP contribution in [0.4, 0.5) is 0 Å². The Bertz CT molecular complexity index is 966. The van der Waals surface area contributed by atoms with E-state index >= 15 is 0 Å². The Labute approximate surface area is 142 Å². The Kier molecular flexibility index (Phi) is 3.66. The summed E-state index contributed by atoms with van der Waals surface area (Å²) in [6.07, 6.45) is 7.72. The highest BCUT2D eigenvalue weighted by Gasteiger charge is 2.09. The van der Waals surface area contributed by atoms with E-state index in [1.54, 1.807) is 27.8 Å². The first-order valence-corrected chi connectivity index (χ1v) is 9.20. The van der Waals surface area contributed by atoms with Crippen LogP contribution in [0.2, 0.25) is 0 Å². The molecule has 0 aliphatic rings. The van der Waals surface area contributed by atoms with Crippen molar-refractivity contribution < 1.29 is 0 Å². The summed E-state index contributed by atoms with van der Waals surface area (Å²) >= 11 is 3.43. The normalized spacial score (nSPS) is 11.4. The molecule has 4 aromatic rings. The number of hydrogen-bond acceptors (Lipinski definition) is 5. The van der Waals surface area contributed by atoms with Crippen molar-refractivity contribution in [1.82, 2.24) is 24.3 Å². The van der Waals surface area contributed by atoms with Gasteiger partial charge in [0.25, 0.3) is 0 Å². The lowest BCUT2D eigenvalue weighted by molar-refractivity contribution is 0.759. The van der Waals surface area contributed by atoms with Gasteiger partial charge in [0.1, 0.15) is 5.69 Å². The van der Waals surface area contributed by atoms with Crippen LogP contribution in [-0.4, -0.2) is 30.6 Å². The number of thioether (sulfide) groups is 1. The Hall–Kier alpha value is -2.12. The zero-order chi connectivity index (χ0) is 15.8. The van der Waals surface area contributed by atoms with E-state index in [-0.39, 0.29) is 0 Å². The molecule has 0 saturated heterocycles. The van der Waals surface area contributed by atoms with Crippen LogP contribution < -0.4 is 0 Å². The molecule has 0 unspecified atom stereocenters. The van der Waals surface area contributed by atoms with Gasteiger partial charge in [0.15, 0.2) is 4.34 Å². The number of fused-ring (bicyclic) bond motifs is 1. The topological polar surface area (TPSA) is 48.5 Å². The molecule has 0 aliphatic heterocycles. The number of aryl methyl sites for hydroxylation is 1. The minimum Gasteiger partial charge on any atom is -0.325 e. The number of benzene rings is 1. The van der Waals surface area contributed by atoms with Gasteiger partial charge in [-0.15, -0.1) is 11.3 Å². The molecule has 1 aromatic carbocycles. The van der Waals surface area contributed by atoms with Crippen molar-refractivity contribution in [2.45, 2.75) is 10.9 Å². The number of nitrogens with zero attached hydrogens (tertiary/aromatic N) is 5. The molecule has 3 aromatic heterocycles. The van der Waals surface area contributed by atoms with Crippen molar-refractivity contribution >= 4 is 33.3 Å². The zero-order valence-corrected chi connectivity index (χ0v) is 14.4. The van der Waals surface area contributed by atoms with Crippen molar-refractivity contribution in [3.63, 3.8) is 0 Å². The summed E-state index contributed by atoms with van der Waals surface area (Å²) in [6.45, 7) is 0.772. The maximum atomic E-state index is 4.59. The second-order valence-electron chi connectivity index (χ2n) is 5.27. The van der Waals surface area contributed by atoms with Gasteiger partial charge in [-0.1, -0.05) is 17.8 Å². The highest BCUT2D eigenvalue weighted by molar-refractivity contribution is 8.00. The predicted molar refractivity (Wildman–Crippen MR) is 94.9 cm³/mol. The van der Waals surface area contributed by atoms with E-state index < -0.39 is 0 Å². The van der Waals surface area contributed by atoms with Crippen LogP contribution in [0.1, 0.15) is 5.56 Å². The first-order valence-electron chi connectivity index (χ1n) is 7.16. The van der Waals surface area contributed by atoms with E-state index in [2.05, 4.69) is 44.1 Å². The minimum atomic E-state index is 0.772. The number of thiazole rings is 1. The molecule has 0 amide bonds. The monoisotopic (exact) mass is 341 g/mol. The van der Waals surface area contributed by atoms with Gasteiger partial charge in [-0.2, -0.15) is 5.10 Å². The van der Waals surface area contributed by atoms with Crippen molar-refractivity contribution in [3.05, 3.63) is 48.5 Å². The molecule has 0 aliphatic carbocycles. The van der Waals surface area contributed by atoms with E-state index in [9.17, 15) is 0 Å². The van der Waals surface area contributed by atoms with Gasteiger partial charge in [0, 0.05) is 19.8 Å². The Balaban J connectivity index is 1.67. The standard InChI is InChI=1S/C16H15N5S2/c1-20-6-5-12(19-20)14-8-17-10-21(14)9-11-3-4-13-15(7-11)23-16(18-13)22-2/h3-8,10H,9H2,1-2H3. The quantitative estimate of drug-likeness (QED) is 0.532. The van der Waals surface area contributed by atoms with Gasteiger partial charge in [-0.05, 0) is 30.0 Å². The van der Waals surface area contributed by atoms with Crippen molar-refractivity contribution in [2.24, 2.45) is 7.05 Å². The lowest BCUT2D eigenvalue weighted by Crippen LogP contribution is -2.01. The summed E-state index contributed by atoms with van der Waals surface area (Å²) in [5, 5.41) is 4.46. The maximum absolute atomic E-state index is 4.59. The first-order chi connectivity index (χ1) is 11.2. The van der Waals surface area contributed by atoms with Gasteiger partial charge in [0.2, 0.25) is 0 Å². The highest BCUT2D eigenvalue weighted by Crippen LogP contribution is 2.29. The summed E-state index contributed by atoms with van der Waals surface area (Å²) in [5.41, 5.74) is 4.27. The van der Waals surface area contributed by atoms with E-state index in [1.807, 2.05) is 31.8 Å². The van der Waals surface area contributed by atoms with Crippen molar-refractivity contribution in [1.29, 1.82) is 0 Å². The second kappa shape index (κ2) is 5.82. The van der Waals surface area contributed by atoms with E-state index in [4.69, 9.17) is 0 Å². The van der Waals surface area contributed by atoms with E-state index in [0.717, 1.165) is 27.8 Å². The SMILES string of the molecule is CSc1nc2ccc(Cn3cncc3-c3ccn(C)n3)cc2s1. The highest BCUT2D eigenvalue weighted by atomic mass is 32.2. The summed E-state index contributed by atoms with van der Waals surface area (Å²) in [5.74, 6) is 0. The van der Waals surface area contributed by atoms with Crippen LogP contribution in [0.5, 0.6) is 0 Å². The first kappa shape index (κ1) is 14.5. The lowest BCUT2D eigenvalue weighted by atomic mass is 10.2. The van der Waals surface area contributed by atoms with Crippen LogP contribution >= 0.6 is 23.1 Å². The summed E-state index contributed by atoms with van der Waals surface area (Å²) in [6, 6.07) is 8.45. The summed E-state index contributed by atoms with van der Waals surface area (Å²) < 4.78 is 6.26.